The normalized spacial score (nSPS) is 15.9. The third-order valence-corrected chi connectivity index (χ3v) is 5.19. The van der Waals surface area contributed by atoms with Crippen LogP contribution in [0.3, 0.4) is 0 Å². The van der Waals surface area contributed by atoms with Gasteiger partial charge in [0, 0.05) is 19.3 Å². The van der Waals surface area contributed by atoms with Gasteiger partial charge in [-0.25, -0.2) is 4.39 Å². The van der Waals surface area contributed by atoms with Gasteiger partial charge in [0.25, 0.3) is 5.91 Å². The Morgan fingerprint density at radius 1 is 1.20 bits per heavy atom. The van der Waals surface area contributed by atoms with E-state index in [0.29, 0.717) is 11.3 Å². The van der Waals surface area contributed by atoms with Crippen molar-refractivity contribution in [1.82, 2.24) is 4.90 Å². The predicted octanol–water partition coefficient (Wildman–Crippen LogP) is 3.40. The average molecular weight is 412 g/mol. The highest BCUT2D eigenvalue weighted by molar-refractivity contribution is 6.04. The molecule has 3 rings (SSSR count). The van der Waals surface area contributed by atoms with E-state index in [1.54, 1.807) is 19.2 Å². The minimum atomic E-state index is -1.01. The van der Waals surface area contributed by atoms with E-state index in [2.05, 4.69) is 5.32 Å². The summed E-state index contributed by atoms with van der Waals surface area (Å²) in [6, 6.07) is 11.7. The van der Waals surface area contributed by atoms with Crippen LogP contribution < -0.4 is 5.32 Å². The molecule has 2 atom stereocenters. The van der Waals surface area contributed by atoms with Gasteiger partial charge in [-0.3, -0.25) is 14.4 Å². The molecule has 0 bridgehead atoms. The van der Waals surface area contributed by atoms with Crippen molar-refractivity contribution in [2.45, 2.75) is 45.3 Å². The molecule has 0 aliphatic carbocycles. The Morgan fingerprint density at radius 2 is 1.97 bits per heavy atom. The van der Waals surface area contributed by atoms with Crippen LogP contribution in [0.15, 0.2) is 42.5 Å². The van der Waals surface area contributed by atoms with Gasteiger partial charge in [0.05, 0.1) is 12.3 Å². The molecule has 1 heterocycles. The highest BCUT2D eigenvalue weighted by Crippen LogP contribution is 2.35. The Bertz CT molecular complexity index is 975. The fourth-order valence-electron chi connectivity index (χ4n) is 3.56. The molecule has 30 heavy (non-hydrogen) atoms. The van der Waals surface area contributed by atoms with Gasteiger partial charge in [-0.05, 0) is 48.2 Å². The average Bonchev–Trinajstić information content (AvgIpc) is 3.01. The Balaban J connectivity index is 1.59. The molecule has 1 aliphatic rings. The summed E-state index contributed by atoms with van der Waals surface area (Å²) in [7, 11) is 1.56. The molecule has 1 aliphatic heterocycles. The molecular weight excluding hydrogens is 387 g/mol. The van der Waals surface area contributed by atoms with Crippen LogP contribution in [0.25, 0.3) is 0 Å². The van der Waals surface area contributed by atoms with Crippen molar-refractivity contribution in [1.29, 1.82) is 0 Å². The van der Waals surface area contributed by atoms with Crippen LogP contribution >= 0.6 is 0 Å². The summed E-state index contributed by atoms with van der Waals surface area (Å²) in [5.74, 6) is -2.29. The SMILES string of the molecule is CCc1ccc2c(c1)C(CC(=O)OC(C)C(=O)N(C)Cc1cccc(F)c1)C(=O)N2. The third-order valence-electron chi connectivity index (χ3n) is 5.19. The molecule has 2 aromatic carbocycles. The fraction of sp³-hybridized carbons (Fsp3) is 0.348. The number of carbonyl (C=O) groups is 3. The van der Waals surface area contributed by atoms with Crippen molar-refractivity contribution < 1.29 is 23.5 Å². The number of rotatable bonds is 7. The first-order chi connectivity index (χ1) is 14.3. The van der Waals surface area contributed by atoms with E-state index in [1.165, 1.54) is 24.0 Å². The number of carbonyl (C=O) groups excluding carboxylic acids is 3. The molecular formula is C23H25FN2O4. The molecule has 0 spiro atoms. The number of fused-ring (bicyclic) bond motifs is 1. The van der Waals surface area contributed by atoms with Crippen LogP contribution in [0.2, 0.25) is 0 Å². The van der Waals surface area contributed by atoms with Gasteiger partial charge >= 0.3 is 5.97 Å². The van der Waals surface area contributed by atoms with E-state index < -0.39 is 23.9 Å². The molecule has 0 fully saturated rings. The Hall–Kier alpha value is -3.22. The topological polar surface area (TPSA) is 75.7 Å². The minimum absolute atomic E-state index is 0.142. The summed E-state index contributed by atoms with van der Waals surface area (Å²) in [5.41, 5.74) is 3.19. The van der Waals surface area contributed by atoms with E-state index in [1.807, 2.05) is 25.1 Å². The number of anilines is 1. The largest absolute Gasteiger partial charge is 0.453 e. The summed E-state index contributed by atoms with van der Waals surface area (Å²) >= 11 is 0. The summed E-state index contributed by atoms with van der Waals surface area (Å²) in [4.78, 5) is 38.6. The lowest BCUT2D eigenvalue weighted by atomic mass is 9.95. The number of benzene rings is 2. The van der Waals surface area contributed by atoms with Gasteiger partial charge in [0.1, 0.15) is 5.82 Å². The van der Waals surface area contributed by atoms with E-state index in [-0.39, 0.29) is 24.7 Å². The maximum absolute atomic E-state index is 13.3. The van der Waals surface area contributed by atoms with Crippen LogP contribution in [-0.2, 0) is 32.1 Å². The molecule has 158 valence electrons. The van der Waals surface area contributed by atoms with Gasteiger partial charge in [-0.15, -0.1) is 0 Å². The smallest absolute Gasteiger partial charge is 0.307 e. The molecule has 2 aromatic rings. The first kappa shape index (κ1) is 21.5. The van der Waals surface area contributed by atoms with Gasteiger partial charge in [0.15, 0.2) is 6.10 Å². The summed E-state index contributed by atoms with van der Waals surface area (Å²) in [6.45, 7) is 3.69. The molecule has 0 aromatic heterocycles. The third kappa shape index (κ3) is 4.84. The van der Waals surface area contributed by atoms with Gasteiger partial charge in [0.2, 0.25) is 5.91 Å². The number of aryl methyl sites for hydroxylation is 1. The van der Waals surface area contributed by atoms with Crippen LogP contribution in [0.4, 0.5) is 10.1 Å². The summed E-state index contributed by atoms with van der Waals surface area (Å²) in [6.07, 6.45) is -0.332. The van der Waals surface area contributed by atoms with Crippen molar-refractivity contribution in [2.75, 3.05) is 12.4 Å². The monoisotopic (exact) mass is 412 g/mol. The molecule has 7 heteroatoms. The quantitative estimate of drug-likeness (QED) is 0.708. The lowest BCUT2D eigenvalue weighted by Gasteiger charge is -2.22. The number of ether oxygens (including phenoxy) is 1. The molecule has 6 nitrogen and oxygen atoms in total. The molecule has 0 saturated carbocycles. The number of nitrogens with zero attached hydrogens (tertiary/aromatic N) is 1. The Morgan fingerprint density at radius 3 is 2.67 bits per heavy atom. The predicted molar refractivity (Wildman–Crippen MR) is 110 cm³/mol. The lowest BCUT2D eigenvalue weighted by Crippen LogP contribution is -2.37. The first-order valence-corrected chi connectivity index (χ1v) is 9.91. The highest BCUT2D eigenvalue weighted by Gasteiger charge is 2.34. The zero-order valence-corrected chi connectivity index (χ0v) is 17.3. The second kappa shape index (κ2) is 9.07. The molecule has 0 radical (unpaired) electrons. The number of amides is 2. The van der Waals surface area contributed by atoms with Crippen molar-refractivity contribution >= 4 is 23.5 Å². The number of esters is 1. The molecule has 2 unspecified atom stereocenters. The van der Waals surface area contributed by atoms with Crippen molar-refractivity contribution in [3.63, 3.8) is 0 Å². The van der Waals surface area contributed by atoms with Crippen LogP contribution in [0.1, 0.15) is 42.9 Å². The Kier molecular flexibility index (Phi) is 6.50. The standard InChI is InChI=1S/C23H25FN2O4/c1-4-15-8-9-20-18(11-15)19(22(28)25-20)12-21(27)30-14(2)23(29)26(3)13-16-6-5-7-17(24)10-16/h5-11,14,19H,4,12-13H2,1-3H3,(H,25,28). The van der Waals surface area contributed by atoms with Gasteiger partial charge < -0.3 is 15.0 Å². The van der Waals surface area contributed by atoms with E-state index in [4.69, 9.17) is 4.74 Å². The lowest BCUT2D eigenvalue weighted by molar-refractivity contribution is -0.159. The van der Waals surface area contributed by atoms with Gasteiger partial charge in [-0.1, -0.05) is 31.2 Å². The second-order valence-corrected chi connectivity index (χ2v) is 7.48. The number of hydrogen-bond donors (Lipinski definition) is 1. The first-order valence-electron chi connectivity index (χ1n) is 9.91. The maximum Gasteiger partial charge on any atom is 0.307 e. The molecule has 1 N–H and O–H groups in total. The zero-order valence-electron chi connectivity index (χ0n) is 17.3. The molecule has 2 amide bonds. The molecule has 0 saturated heterocycles. The zero-order chi connectivity index (χ0) is 21.8. The van der Waals surface area contributed by atoms with Crippen molar-refractivity contribution in [2.24, 2.45) is 0 Å². The second-order valence-electron chi connectivity index (χ2n) is 7.48. The summed E-state index contributed by atoms with van der Waals surface area (Å²) < 4.78 is 18.6. The van der Waals surface area contributed by atoms with Crippen LogP contribution in [-0.4, -0.2) is 35.8 Å². The summed E-state index contributed by atoms with van der Waals surface area (Å²) in [5, 5.41) is 2.78. The maximum atomic E-state index is 13.3. The minimum Gasteiger partial charge on any atom is -0.453 e. The van der Waals surface area contributed by atoms with Crippen LogP contribution in [0.5, 0.6) is 0 Å². The van der Waals surface area contributed by atoms with Gasteiger partial charge in [-0.2, -0.15) is 0 Å². The van der Waals surface area contributed by atoms with Crippen LogP contribution in [0, 0.1) is 5.82 Å². The van der Waals surface area contributed by atoms with Crippen molar-refractivity contribution in [3.8, 4) is 0 Å². The number of halogens is 1. The Labute approximate surface area is 175 Å². The fourth-order valence-corrected chi connectivity index (χ4v) is 3.56. The van der Waals surface area contributed by atoms with E-state index in [0.717, 1.165) is 17.5 Å². The highest BCUT2D eigenvalue weighted by atomic mass is 19.1. The van der Waals surface area contributed by atoms with E-state index >= 15 is 0 Å². The van der Waals surface area contributed by atoms with E-state index in [9.17, 15) is 18.8 Å². The van der Waals surface area contributed by atoms with Crippen molar-refractivity contribution in [3.05, 3.63) is 65.0 Å². The number of likely N-dealkylation sites (N-methyl/N-ethyl adjacent to an activating group) is 1. The number of nitrogens with one attached hydrogen (secondary N) is 1. The number of hydrogen-bond acceptors (Lipinski definition) is 4.